The van der Waals surface area contributed by atoms with Gasteiger partial charge in [-0.25, -0.2) is 0 Å². The second-order valence-corrected chi connectivity index (χ2v) is 15.8. The Bertz CT molecular complexity index is 2160. The number of primary amides is 1. The Labute approximate surface area is 438 Å². The summed E-state index contributed by atoms with van der Waals surface area (Å²) in [4.78, 5) is 121. The van der Waals surface area contributed by atoms with Crippen molar-refractivity contribution in [3.05, 3.63) is 71.4 Å². The molecule has 2 aliphatic heterocycles. The van der Waals surface area contributed by atoms with E-state index in [4.69, 9.17) is 38.9 Å². The Morgan fingerprint density at radius 1 is 0.707 bits per heavy atom. The highest BCUT2D eigenvalue weighted by atomic mass is 16.6. The summed E-state index contributed by atoms with van der Waals surface area (Å²) in [6.45, 7) is 18.1. The Morgan fingerprint density at radius 2 is 1.19 bits per heavy atom. The van der Waals surface area contributed by atoms with Crippen molar-refractivity contribution in [1.82, 2.24) is 31.1 Å². The molecule has 2 heterocycles. The summed E-state index contributed by atoms with van der Waals surface area (Å²) in [5.41, 5.74) is 5.53. The van der Waals surface area contributed by atoms with Crippen LogP contribution >= 0.6 is 0 Å². The largest absolute Gasteiger partial charge is 0.483 e. The lowest BCUT2D eigenvalue weighted by atomic mass is 10.0. The number of nitrogens with one attached hydrogen (secondary N) is 4. The first-order valence-corrected chi connectivity index (χ1v) is 24.6. The monoisotopic (exact) mass is 1060 g/mol. The van der Waals surface area contributed by atoms with Gasteiger partial charge in [0, 0.05) is 49.7 Å². The number of nitrogens with two attached hydrogens (primary N) is 1. The van der Waals surface area contributed by atoms with Crippen LogP contribution < -0.4 is 36.5 Å². The maximum absolute atomic E-state index is 13.1. The number of benzene rings is 2. The lowest BCUT2D eigenvalue weighted by Gasteiger charge is -2.30. The lowest BCUT2D eigenvalue weighted by Crippen LogP contribution is -2.53. The minimum Gasteiger partial charge on any atom is -0.483 e. The first-order valence-electron chi connectivity index (χ1n) is 24.6. The number of hydrogen-bond donors (Lipinski definition) is 5. The molecule has 2 atom stereocenters. The molecule has 4 rings (SSSR count). The predicted molar refractivity (Wildman–Crippen MR) is 272 cm³/mol. The van der Waals surface area contributed by atoms with E-state index in [1.807, 2.05) is 13.8 Å². The van der Waals surface area contributed by atoms with Gasteiger partial charge in [-0.2, -0.15) is 0 Å². The van der Waals surface area contributed by atoms with Crippen molar-refractivity contribution in [2.24, 2.45) is 5.73 Å². The number of imide groups is 3. The number of amides is 9. The molecule has 0 saturated carbocycles. The number of aldehydes is 1. The Morgan fingerprint density at radius 3 is 1.68 bits per heavy atom. The van der Waals surface area contributed by atoms with Crippen molar-refractivity contribution in [3.8, 4) is 11.5 Å². The van der Waals surface area contributed by atoms with Gasteiger partial charge < -0.3 is 54.4 Å². The molecule has 2 fully saturated rings. The maximum Gasteiger partial charge on any atom is 0.261 e. The first-order chi connectivity index (χ1) is 36.1. The molecule has 9 amide bonds. The fourth-order valence-corrected chi connectivity index (χ4v) is 6.54. The van der Waals surface area contributed by atoms with Crippen molar-refractivity contribution in [1.29, 1.82) is 0 Å². The molecular weight excluding hydrogens is 983 g/mol. The second-order valence-electron chi connectivity index (χ2n) is 15.8. The van der Waals surface area contributed by atoms with Gasteiger partial charge in [0.25, 0.3) is 23.6 Å². The molecule has 2 aliphatic rings. The average molecular weight is 1060 g/mol. The highest BCUT2D eigenvalue weighted by Crippen LogP contribution is 2.26. The molecule has 24 heteroatoms. The summed E-state index contributed by atoms with van der Waals surface area (Å²) in [5, 5.41) is 9.92. The highest BCUT2D eigenvalue weighted by Gasteiger charge is 2.36. The van der Waals surface area contributed by atoms with Gasteiger partial charge in [-0.05, 0) is 44.2 Å². The van der Waals surface area contributed by atoms with Crippen molar-refractivity contribution >= 4 is 60.0 Å². The zero-order chi connectivity index (χ0) is 56.0. The van der Waals surface area contributed by atoms with E-state index in [1.165, 1.54) is 37.7 Å². The molecule has 0 aromatic heterocycles. The number of ether oxygens (including phenoxy) is 7. The summed E-state index contributed by atoms with van der Waals surface area (Å²) >= 11 is 0. The van der Waals surface area contributed by atoms with E-state index < -0.39 is 65.9 Å². The smallest absolute Gasteiger partial charge is 0.261 e. The van der Waals surface area contributed by atoms with E-state index in [0.717, 1.165) is 16.3 Å². The van der Waals surface area contributed by atoms with Gasteiger partial charge in [0.2, 0.25) is 30.0 Å². The third-order valence-electron chi connectivity index (χ3n) is 10.1. The van der Waals surface area contributed by atoms with E-state index in [2.05, 4.69) is 41.7 Å². The quantitative estimate of drug-likeness (QED) is 0.0405. The van der Waals surface area contributed by atoms with Crippen molar-refractivity contribution in [2.45, 2.75) is 78.8 Å². The van der Waals surface area contributed by atoms with Crippen LogP contribution in [0.3, 0.4) is 0 Å². The van der Waals surface area contributed by atoms with Crippen molar-refractivity contribution in [3.63, 3.8) is 0 Å². The molecule has 0 aliphatic carbocycles. The van der Waals surface area contributed by atoms with Gasteiger partial charge in [0.1, 0.15) is 23.6 Å². The topological polar surface area (TPSA) is 316 Å². The highest BCUT2D eigenvalue weighted by molar-refractivity contribution is 6.08. The summed E-state index contributed by atoms with van der Waals surface area (Å²) in [5.74, 6) is -4.36. The number of piperidine rings is 2. The Kier molecular flexibility index (Phi) is 34.6. The molecule has 0 radical (unpaired) electrons. The fraction of sp³-hybridized carbons (Fsp3) is 0.529. The molecule has 2 aromatic rings. The summed E-state index contributed by atoms with van der Waals surface area (Å²) in [7, 11) is 1.39. The van der Waals surface area contributed by atoms with Crippen LogP contribution in [0.4, 0.5) is 0 Å². The summed E-state index contributed by atoms with van der Waals surface area (Å²) < 4.78 is 37.8. The zero-order valence-electron chi connectivity index (χ0n) is 43.9. The molecule has 0 bridgehead atoms. The second kappa shape index (κ2) is 39.4. The molecule has 416 valence electrons. The third kappa shape index (κ3) is 25.1. The standard InChI is InChI=1S/C30H44N4O11.C16H17N3O6.C3H8.C2H6/c1-3-31-9-11-40-13-15-42-17-19-44-20-18-43-16-14-41-12-10-32-28(37)21-45-26-6-4-5-24(23(26)2)30(39)34(22-35)25-7-8-27(36)33-29(25)38;1-19(10-5-6-13(22)18-15(10)23)16(24)14-9(7-20)3-2-4-11(14)25-8-12(17)21;1-3-2;1-2/h3-6,22,25,31H,1,7-21H2,2H3,(H,32,37)(H,33,36,38);2-4,7,10H,5-6,8H2,1H3,(H2,17,21)(H,18,22,23);3H2,1-2H3;1-2H3. The van der Waals surface area contributed by atoms with Crippen LogP contribution in [0.1, 0.15) is 96.4 Å². The molecule has 24 nitrogen and oxygen atoms in total. The molecule has 6 N–H and O–H groups in total. The molecule has 0 spiro atoms. The number of carbonyl (C=O) groups is 10. The number of hydrogen-bond acceptors (Lipinski definition) is 18. The normalized spacial score (nSPS) is 14.5. The van der Waals surface area contributed by atoms with E-state index >= 15 is 0 Å². The molecular formula is C51H75N7O17. The number of likely N-dealkylation sites (N-methyl/N-ethyl adjacent to an activating group) is 1. The molecule has 2 saturated heterocycles. The van der Waals surface area contributed by atoms with Gasteiger partial charge in [-0.1, -0.05) is 58.9 Å². The predicted octanol–water partition coefficient (Wildman–Crippen LogP) is 1.39. The van der Waals surface area contributed by atoms with Crippen LogP contribution in [0.5, 0.6) is 11.5 Å². The van der Waals surface area contributed by atoms with Gasteiger partial charge in [0.15, 0.2) is 19.5 Å². The van der Waals surface area contributed by atoms with Gasteiger partial charge >= 0.3 is 0 Å². The molecule has 2 unspecified atom stereocenters. The minimum absolute atomic E-state index is 0.00699. The van der Waals surface area contributed by atoms with E-state index in [0.29, 0.717) is 71.3 Å². The van der Waals surface area contributed by atoms with E-state index in [1.54, 1.807) is 25.3 Å². The van der Waals surface area contributed by atoms with E-state index in [9.17, 15) is 47.9 Å². The maximum atomic E-state index is 13.1. The van der Waals surface area contributed by atoms with Crippen molar-refractivity contribution < 1.29 is 81.1 Å². The number of rotatable bonds is 31. The third-order valence-corrected chi connectivity index (χ3v) is 10.1. The van der Waals surface area contributed by atoms with Crippen LogP contribution in [0.25, 0.3) is 0 Å². The van der Waals surface area contributed by atoms with Crippen LogP contribution in [-0.2, 0) is 57.2 Å². The minimum atomic E-state index is -1.09. The lowest BCUT2D eigenvalue weighted by molar-refractivity contribution is -0.139. The Balaban J connectivity index is 0.000000786. The SMILES string of the molecule is C=CNCCOCCOCCOCCOCCOCCNC(=O)COc1cccc(C(=O)N(C=O)C2CCC(=O)NC2=O)c1C.CC.CCC.CN(C(=O)c1c(C=O)cccc1OCC(N)=O)C1CCC(=O)NC1=O. The average Bonchev–Trinajstić information content (AvgIpc) is 3.39. The van der Waals surface area contributed by atoms with Crippen LogP contribution in [0.2, 0.25) is 0 Å². The van der Waals surface area contributed by atoms with Crippen molar-refractivity contribution in [2.75, 3.05) is 99.4 Å². The van der Waals surface area contributed by atoms with Crippen LogP contribution in [-0.4, -0.2) is 181 Å². The summed E-state index contributed by atoms with van der Waals surface area (Å²) in [6.07, 6.45) is 3.96. The Hall–Kier alpha value is -7.12. The number of carbonyl (C=O) groups excluding carboxylic acids is 10. The molecule has 75 heavy (non-hydrogen) atoms. The van der Waals surface area contributed by atoms with Gasteiger partial charge in [-0.15, -0.1) is 0 Å². The van der Waals surface area contributed by atoms with Gasteiger partial charge in [0.05, 0.1) is 71.6 Å². The number of nitrogens with zero attached hydrogens (tertiary/aromatic N) is 2. The van der Waals surface area contributed by atoms with Crippen LogP contribution in [0, 0.1) is 6.92 Å². The van der Waals surface area contributed by atoms with Gasteiger partial charge in [-0.3, -0.25) is 63.5 Å². The van der Waals surface area contributed by atoms with E-state index in [-0.39, 0.29) is 80.0 Å². The fourth-order valence-electron chi connectivity index (χ4n) is 6.54. The molecule has 2 aromatic carbocycles. The summed E-state index contributed by atoms with van der Waals surface area (Å²) in [6, 6.07) is 6.99. The van der Waals surface area contributed by atoms with Crippen LogP contribution in [0.15, 0.2) is 49.2 Å². The zero-order valence-corrected chi connectivity index (χ0v) is 43.9. The first kappa shape index (κ1) is 65.9.